The SMILES string of the molecule is COCOc1c(C)ccc(Cl)c1C=O. The first-order valence-corrected chi connectivity index (χ1v) is 4.44. The number of aldehydes is 1. The van der Waals surface area contributed by atoms with Crippen molar-refractivity contribution >= 4 is 17.9 Å². The van der Waals surface area contributed by atoms with E-state index in [2.05, 4.69) is 0 Å². The molecule has 0 heterocycles. The molecule has 0 spiro atoms. The number of methoxy groups -OCH3 is 1. The molecule has 0 saturated heterocycles. The van der Waals surface area contributed by atoms with E-state index in [0.29, 0.717) is 22.6 Å². The zero-order valence-electron chi connectivity index (χ0n) is 8.04. The fourth-order valence-electron chi connectivity index (χ4n) is 1.10. The Bertz CT molecular complexity index is 336. The van der Waals surface area contributed by atoms with Crippen LogP contribution in [0.1, 0.15) is 15.9 Å². The molecule has 76 valence electrons. The fraction of sp³-hybridized carbons (Fsp3) is 0.300. The summed E-state index contributed by atoms with van der Waals surface area (Å²) in [6.07, 6.45) is 0.681. The molecule has 0 aromatic heterocycles. The second-order valence-electron chi connectivity index (χ2n) is 2.78. The number of ether oxygens (including phenoxy) is 2. The quantitative estimate of drug-likeness (QED) is 0.571. The van der Waals surface area contributed by atoms with Crippen molar-refractivity contribution in [1.82, 2.24) is 0 Å². The summed E-state index contributed by atoms with van der Waals surface area (Å²) >= 11 is 5.83. The van der Waals surface area contributed by atoms with Gasteiger partial charge in [-0.05, 0) is 18.6 Å². The molecule has 0 aliphatic carbocycles. The average Bonchev–Trinajstić information content (AvgIpc) is 2.19. The summed E-state index contributed by atoms with van der Waals surface area (Å²) in [6.45, 7) is 1.94. The first kappa shape index (κ1) is 11.0. The van der Waals surface area contributed by atoms with Crippen molar-refractivity contribution in [1.29, 1.82) is 0 Å². The predicted molar refractivity (Wildman–Crippen MR) is 54.1 cm³/mol. The largest absolute Gasteiger partial charge is 0.466 e. The second-order valence-corrected chi connectivity index (χ2v) is 3.18. The summed E-state index contributed by atoms with van der Waals surface area (Å²) < 4.78 is 10.0. The molecule has 1 aromatic rings. The summed E-state index contributed by atoms with van der Waals surface area (Å²) in [6, 6.07) is 3.46. The normalized spacial score (nSPS) is 9.93. The lowest BCUT2D eigenvalue weighted by atomic mass is 10.1. The van der Waals surface area contributed by atoms with Crippen molar-refractivity contribution in [3.8, 4) is 5.75 Å². The number of halogens is 1. The minimum atomic E-state index is 0.0992. The Labute approximate surface area is 87.6 Å². The van der Waals surface area contributed by atoms with Crippen molar-refractivity contribution < 1.29 is 14.3 Å². The molecule has 0 saturated carbocycles. The van der Waals surface area contributed by atoms with Gasteiger partial charge in [-0.3, -0.25) is 4.79 Å². The molecule has 0 aliphatic heterocycles. The maximum atomic E-state index is 10.8. The van der Waals surface area contributed by atoms with Crippen molar-refractivity contribution in [3.63, 3.8) is 0 Å². The minimum absolute atomic E-state index is 0.0992. The van der Waals surface area contributed by atoms with Gasteiger partial charge in [0.25, 0.3) is 0 Å². The Morgan fingerprint density at radius 1 is 1.50 bits per heavy atom. The highest BCUT2D eigenvalue weighted by Gasteiger charge is 2.10. The van der Waals surface area contributed by atoms with Crippen LogP contribution in [-0.4, -0.2) is 20.2 Å². The van der Waals surface area contributed by atoms with Gasteiger partial charge in [0.1, 0.15) is 5.75 Å². The third kappa shape index (κ3) is 2.25. The first-order valence-electron chi connectivity index (χ1n) is 4.06. The molecule has 0 atom stereocenters. The molecule has 1 aromatic carbocycles. The van der Waals surface area contributed by atoms with Gasteiger partial charge in [0.05, 0.1) is 10.6 Å². The van der Waals surface area contributed by atoms with Gasteiger partial charge in [-0.15, -0.1) is 0 Å². The number of benzene rings is 1. The lowest BCUT2D eigenvalue weighted by Gasteiger charge is -2.11. The molecule has 14 heavy (non-hydrogen) atoms. The van der Waals surface area contributed by atoms with Gasteiger partial charge in [0.2, 0.25) is 0 Å². The molecule has 4 heteroatoms. The highest BCUT2D eigenvalue weighted by atomic mass is 35.5. The van der Waals surface area contributed by atoms with Gasteiger partial charge in [0.15, 0.2) is 13.1 Å². The zero-order chi connectivity index (χ0) is 10.6. The molecule has 0 fully saturated rings. The highest BCUT2D eigenvalue weighted by molar-refractivity contribution is 6.33. The van der Waals surface area contributed by atoms with E-state index in [4.69, 9.17) is 21.1 Å². The molecule has 0 unspecified atom stereocenters. The summed E-state index contributed by atoms with van der Waals surface area (Å²) in [7, 11) is 1.51. The van der Waals surface area contributed by atoms with E-state index in [1.54, 1.807) is 12.1 Å². The molecule has 0 radical (unpaired) electrons. The van der Waals surface area contributed by atoms with Gasteiger partial charge in [-0.2, -0.15) is 0 Å². The van der Waals surface area contributed by atoms with E-state index in [1.165, 1.54) is 7.11 Å². The van der Waals surface area contributed by atoms with Gasteiger partial charge in [-0.1, -0.05) is 17.7 Å². The summed E-state index contributed by atoms with van der Waals surface area (Å²) in [5.74, 6) is 0.481. The summed E-state index contributed by atoms with van der Waals surface area (Å²) in [5, 5.41) is 0.386. The molecule has 0 amide bonds. The molecule has 3 nitrogen and oxygen atoms in total. The monoisotopic (exact) mass is 214 g/mol. The van der Waals surface area contributed by atoms with Crippen LogP contribution in [0.4, 0.5) is 0 Å². The van der Waals surface area contributed by atoms with Gasteiger partial charge in [0, 0.05) is 7.11 Å². The van der Waals surface area contributed by atoms with Crippen LogP contribution in [0.15, 0.2) is 12.1 Å². The zero-order valence-corrected chi connectivity index (χ0v) is 8.80. The van der Waals surface area contributed by atoms with Gasteiger partial charge < -0.3 is 9.47 Å². The summed E-state index contributed by atoms with van der Waals surface area (Å²) in [4.78, 5) is 10.8. The van der Waals surface area contributed by atoms with Crippen molar-refractivity contribution in [3.05, 3.63) is 28.3 Å². The highest BCUT2D eigenvalue weighted by Crippen LogP contribution is 2.28. The lowest BCUT2D eigenvalue weighted by molar-refractivity contribution is 0.0500. The number of hydrogen-bond donors (Lipinski definition) is 0. The molecule has 0 bridgehead atoms. The Morgan fingerprint density at radius 3 is 2.79 bits per heavy atom. The van der Waals surface area contributed by atoms with Crippen LogP contribution in [0.2, 0.25) is 5.02 Å². The minimum Gasteiger partial charge on any atom is -0.466 e. The van der Waals surface area contributed by atoms with Gasteiger partial charge in [-0.25, -0.2) is 0 Å². The van der Waals surface area contributed by atoms with E-state index in [0.717, 1.165) is 5.56 Å². The van der Waals surface area contributed by atoms with E-state index < -0.39 is 0 Å². The smallest absolute Gasteiger partial charge is 0.188 e. The van der Waals surface area contributed by atoms with E-state index in [1.807, 2.05) is 6.92 Å². The van der Waals surface area contributed by atoms with E-state index >= 15 is 0 Å². The maximum Gasteiger partial charge on any atom is 0.188 e. The van der Waals surface area contributed by atoms with Crippen molar-refractivity contribution in [2.75, 3.05) is 13.9 Å². The number of rotatable bonds is 4. The van der Waals surface area contributed by atoms with Crippen LogP contribution in [0, 0.1) is 6.92 Å². The van der Waals surface area contributed by atoms with Crippen LogP contribution >= 0.6 is 11.6 Å². The van der Waals surface area contributed by atoms with Crippen LogP contribution in [0.5, 0.6) is 5.75 Å². The Hall–Kier alpha value is -1.06. The molecule has 0 N–H and O–H groups in total. The first-order chi connectivity index (χ1) is 6.70. The van der Waals surface area contributed by atoms with Crippen molar-refractivity contribution in [2.45, 2.75) is 6.92 Å². The number of aryl methyl sites for hydroxylation is 1. The summed E-state index contributed by atoms with van der Waals surface area (Å²) in [5.41, 5.74) is 1.22. The Kier molecular flexibility index (Phi) is 3.92. The third-order valence-corrected chi connectivity index (χ3v) is 2.11. The standard InChI is InChI=1S/C10H11ClO3/c1-7-3-4-9(11)8(5-12)10(7)14-6-13-2/h3-5H,6H2,1-2H3. The van der Waals surface area contributed by atoms with E-state index in [9.17, 15) is 4.79 Å². The Balaban J connectivity index is 3.09. The third-order valence-electron chi connectivity index (χ3n) is 1.78. The maximum absolute atomic E-state index is 10.8. The molecular formula is C10H11ClO3. The molecule has 0 aliphatic rings. The van der Waals surface area contributed by atoms with Crippen molar-refractivity contribution in [2.24, 2.45) is 0 Å². The van der Waals surface area contributed by atoms with E-state index in [-0.39, 0.29) is 6.79 Å². The number of carbonyl (C=O) groups excluding carboxylic acids is 1. The lowest BCUT2D eigenvalue weighted by Crippen LogP contribution is -2.03. The van der Waals surface area contributed by atoms with Crippen LogP contribution < -0.4 is 4.74 Å². The topological polar surface area (TPSA) is 35.5 Å². The molecule has 1 rings (SSSR count). The predicted octanol–water partition coefficient (Wildman–Crippen LogP) is 2.44. The molecular weight excluding hydrogens is 204 g/mol. The number of hydrogen-bond acceptors (Lipinski definition) is 3. The van der Waals surface area contributed by atoms with Crippen LogP contribution in [0.3, 0.4) is 0 Å². The average molecular weight is 215 g/mol. The number of carbonyl (C=O) groups is 1. The Morgan fingerprint density at radius 2 is 2.21 bits per heavy atom. The van der Waals surface area contributed by atoms with Gasteiger partial charge >= 0.3 is 0 Å². The van der Waals surface area contributed by atoms with Crippen LogP contribution in [0.25, 0.3) is 0 Å². The second kappa shape index (κ2) is 4.98. The van der Waals surface area contributed by atoms with Crippen LogP contribution in [-0.2, 0) is 4.74 Å². The fourth-order valence-corrected chi connectivity index (χ4v) is 1.30.